The number of benzene rings is 2. The van der Waals surface area contributed by atoms with Gasteiger partial charge < -0.3 is 10.6 Å². The van der Waals surface area contributed by atoms with Gasteiger partial charge in [-0.15, -0.1) is 0 Å². The average Bonchev–Trinajstić information content (AvgIpc) is 2.55. The number of nitrogens with two attached hydrogens (primary N) is 1. The van der Waals surface area contributed by atoms with E-state index in [4.69, 9.17) is 10.7 Å². The van der Waals surface area contributed by atoms with Crippen molar-refractivity contribution in [2.45, 2.75) is 6.42 Å². The minimum absolute atomic E-state index is 0.621. The van der Waals surface area contributed by atoms with Gasteiger partial charge in [0.15, 0.2) is 0 Å². The topological polar surface area (TPSA) is 42.2 Å². The largest absolute Gasteiger partial charge is 0.330 e. The normalized spacial score (nSPS) is 10.8. The zero-order valence-corrected chi connectivity index (χ0v) is 12.2. The summed E-state index contributed by atoms with van der Waals surface area (Å²) in [4.78, 5) is 6.96. The van der Waals surface area contributed by atoms with Gasteiger partial charge in [0.25, 0.3) is 0 Å². The maximum absolute atomic E-state index is 5.77. The summed E-state index contributed by atoms with van der Waals surface area (Å²) in [6, 6.07) is 20.7. The smallest absolute Gasteiger partial charge is 0.136 e. The lowest BCUT2D eigenvalue weighted by molar-refractivity contribution is 0.951. The Morgan fingerprint density at radius 1 is 1.00 bits per heavy atom. The van der Waals surface area contributed by atoms with E-state index in [0.29, 0.717) is 6.54 Å². The number of pyridine rings is 1. The van der Waals surface area contributed by atoms with Gasteiger partial charge >= 0.3 is 0 Å². The zero-order valence-electron chi connectivity index (χ0n) is 12.2. The minimum atomic E-state index is 0.621. The van der Waals surface area contributed by atoms with Crippen LogP contribution in [0.4, 0.5) is 11.5 Å². The van der Waals surface area contributed by atoms with Crippen molar-refractivity contribution in [3.63, 3.8) is 0 Å². The van der Waals surface area contributed by atoms with E-state index >= 15 is 0 Å². The first-order chi connectivity index (χ1) is 10.3. The Kier molecular flexibility index (Phi) is 3.84. The number of hydrogen-bond donors (Lipinski definition) is 1. The van der Waals surface area contributed by atoms with Crippen LogP contribution >= 0.6 is 0 Å². The maximum atomic E-state index is 5.77. The van der Waals surface area contributed by atoms with E-state index in [-0.39, 0.29) is 0 Å². The van der Waals surface area contributed by atoms with Crippen LogP contribution in [0.25, 0.3) is 10.9 Å². The summed E-state index contributed by atoms with van der Waals surface area (Å²) in [6.45, 7) is 0.621. The molecule has 0 aliphatic carbocycles. The summed E-state index contributed by atoms with van der Waals surface area (Å²) in [7, 11) is 2.05. The van der Waals surface area contributed by atoms with Gasteiger partial charge in [0, 0.05) is 18.1 Å². The molecule has 0 atom stereocenters. The van der Waals surface area contributed by atoms with Crippen LogP contribution in [-0.4, -0.2) is 18.6 Å². The lowest BCUT2D eigenvalue weighted by atomic mass is 10.1. The fourth-order valence-corrected chi connectivity index (χ4v) is 2.55. The molecule has 0 amide bonds. The van der Waals surface area contributed by atoms with Crippen LogP contribution in [0.2, 0.25) is 0 Å². The minimum Gasteiger partial charge on any atom is -0.330 e. The molecule has 3 rings (SSSR count). The summed E-state index contributed by atoms with van der Waals surface area (Å²) >= 11 is 0. The van der Waals surface area contributed by atoms with Gasteiger partial charge in [-0.2, -0.15) is 0 Å². The predicted molar refractivity (Wildman–Crippen MR) is 89.0 cm³/mol. The third-order valence-corrected chi connectivity index (χ3v) is 3.65. The summed E-state index contributed by atoms with van der Waals surface area (Å²) < 4.78 is 0. The van der Waals surface area contributed by atoms with Gasteiger partial charge in [-0.25, -0.2) is 4.98 Å². The van der Waals surface area contributed by atoms with Crippen LogP contribution in [0, 0.1) is 0 Å². The Balaban J connectivity index is 2.13. The highest BCUT2D eigenvalue weighted by molar-refractivity contribution is 5.82. The molecule has 3 nitrogen and oxygen atoms in total. The van der Waals surface area contributed by atoms with E-state index in [1.54, 1.807) is 0 Å². The van der Waals surface area contributed by atoms with E-state index in [9.17, 15) is 0 Å². The van der Waals surface area contributed by atoms with Gasteiger partial charge in [0.2, 0.25) is 0 Å². The molecule has 0 aliphatic heterocycles. The lowest BCUT2D eigenvalue weighted by Gasteiger charge is -2.22. The molecule has 0 fully saturated rings. The second-order valence-corrected chi connectivity index (χ2v) is 5.10. The number of fused-ring (bicyclic) bond motifs is 1. The van der Waals surface area contributed by atoms with E-state index in [1.165, 1.54) is 5.56 Å². The van der Waals surface area contributed by atoms with Gasteiger partial charge in [-0.3, -0.25) is 0 Å². The quantitative estimate of drug-likeness (QED) is 0.793. The predicted octanol–water partition coefficient (Wildman–Crippen LogP) is 3.50. The molecule has 0 spiro atoms. The Morgan fingerprint density at radius 3 is 2.48 bits per heavy atom. The third-order valence-electron chi connectivity index (χ3n) is 3.65. The van der Waals surface area contributed by atoms with E-state index in [1.807, 2.05) is 43.4 Å². The van der Waals surface area contributed by atoms with Crippen molar-refractivity contribution in [1.82, 2.24) is 4.98 Å². The van der Waals surface area contributed by atoms with Crippen LogP contribution in [0.1, 0.15) is 5.56 Å². The van der Waals surface area contributed by atoms with Crippen LogP contribution in [0.15, 0.2) is 60.7 Å². The molecule has 3 heteroatoms. The van der Waals surface area contributed by atoms with Crippen LogP contribution < -0.4 is 10.6 Å². The summed E-state index contributed by atoms with van der Waals surface area (Å²) in [5, 5.41) is 1.16. The van der Waals surface area contributed by atoms with Gasteiger partial charge in [-0.1, -0.05) is 36.4 Å². The van der Waals surface area contributed by atoms with E-state index < -0.39 is 0 Å². The summed E-state index contributed by atoms with van der Waals surface area (Å²) in [6.07, 6.45) is 0.824. The first-order valence-electron chi connectivity index (χ1n) is 7.17. The number of anilines is 2. The highest BCUT2D eigenvalue weighted by Gasteiger charge is 2.12. The highest BCUT2D eigenvalue weighted by atomic mass is 15.2. The molecule has 1 heterocycles. The summed E-state index contributed by atoms with van der Waals surface area (Å²) in [5.41, 5.74) is 9.08. The molecule has 106 valence electrons. The van der Waals surface area contributed by atoms with Crippen molar-refractivity contribution >= 4 is 22.4 Å². The highest BCUT2D eigenvalue weighted by Crippen LogP contribution is 2.28. The van der Waals surface area contributed by atoms with Crippen molar-refractivity contribution in [2.75, 3.05) is 18.5 Å². The fraction of sp³-hybridized carbons (Fsp3) is 0.167. The van der Waals surface area contributed by atoms with Gasteiger partial charge in [-0.05, 0) is 42.8 Å². The molecular formula is C18H19N3. The number of rotatable bonds is 4. The molecule has 3 aromatic rings. The second-order valence-electron chi connectivity index (χ2n) is 5.10. The monoisotopic (exact) mass is 277 g/mol. The molecule has 2 aromatic carbocycles. The number of hydrogen-bond acceptors (Lipinski definition) is 3. The molecule has 0 bridgehead atoms. The van der Waals surface area contributed by atoms with Gasteiger partial charge in [0.1, 0.15) is 5.82 Å². The van der Waals surface area contributed by atoms with Crippen molar-refractivity contribution in [2.24, 2.45) is 5.73 Å². The Morgan fingerprint density at radius 2 is 1.71 bits per heavy atom. The van der Waals surface area contributed by atoms with Crippen molar-refractivity contribution < 1.29 is 0 Å². The molecule has 2 N–H and O–H groups in total. The molecule has 0 aliphatic rings. The Bertz CT molecular complexity index is 738. The van der Waals surface area contributed by atoms with Crippen molar-refractivity contribution in [3.8, 4) is 0 Å². The lowest BCUT2D eigenvalue weighted by Crippen LogP contribution is -2.15. The first-order valence-corrected chi connectivity index (χ1v) is 7.17. The van der Waals surface area contributed by atoms with Crippen molar-refractivity contribution in [1.29, 1.82) is 0 Å². The maximum Gasteiger partial charge on any atom is 0.136 e. The molecule has 0 saturated heterocycles. The molecular weight excluding hydrogens is 258 g/mol. The fourth-order valence-electron chi connectivity index (χ4n) is 2.55. The number of aromatic nitrogens is 1. The molecule has 21 heavy (non-hydrogen) atoms. The Hall–Kier alpha value is -2.39. The van der Waals surface area contributed by atoms with Crippen LogP contribution in [-0.2, 0) is 6.42 Å². The van der Waals surface area contributed by atoms with E-state index in [2.05, 4.69) is 29.2 Å². The average molecular weight is 277 g/mol. The standard InChI is InChI=1S/C18H19N3/c1-21(16-8-3-2-4-9-16)18-15(11-12-19)13-14-7-5-6-10-17(14)20-18/h2-10,13H,11-12,19H2,1H3. The van der Waals surface area contributed by atoms with Crippen LogP contribution in [0.3, 0.4) is 0 Å². The molecule has 0 radical (unpaired) electrons. The first kappa shape index (κ1) is 13.6. The summed E-state index contributed by atoms with van der Waals surface area (Å²) in [5.74, 6) is 0.977. The third kappa shape index (κ3) is 2.73. The molecule has 0 saturated carbocycles. The zero-order chi connectivity index (χ0) is 14.7. The van der Waals surface area contributed by atoms with E-state index in [0.717, 1.165) is 28.8 Å². The number of nitrogens with zero attached hydrogens (tertiary/aromatic N) is 2. The SMILES string of the molecule is CN(c1ccccc1)c1nc2ccccc2cc1CCN. The second kappa shape index (κ2) is 5.94. The van der Waals surface area contributed by atoms with Gasteiger partial charge in [0.05, 0.1) is 5.52 Å². The number of para-hydroxylation sites is 2. The van der Waals surface area contributed by atoms with Crippen molar-refractivity contribution in [3.05, 3.63) is 66.2 Å². The van der Waals surface area contributed by atoms with Crippen LogP contribution in [0.5, 0.6) is 0 Å². The molecule has 0 unspecified atom stereocenters. The molecule has 1 aromatic heterocycles. The Labute approximate surface area is 125 Å².